The summed E-state index contributed by atoms with van der Waals surface area (Å²) >= 11 is 0. The Bertz CT molecular complexity index is 343. The Balaban J connectivity index is 0. The van der Waals surface area contributed by atoms with Gasteiger partial charge in [0.2, 0.25) is 0 Å². The van der Waals surface area contributed by atoms with Crippen molar-refractivity contribution in [2.75, 3.05) is 6.61 Å². The summed E-state index contributed by atoms with van der Waals surface area (Å²) in [6.45, 7) is 0.400. The molecule has 1 atom stereocenters. The minimum atomic E-state index is -4.65. The van der Waals surface area contributed by atoms with Crippen molar-refractivity contribution in [3.63, 3.8) is 0 Å². The van der Waals surface area contributed by atoms with Crippen LogP contribution in [0.1, 0.15) is 6.92 Å². The van der Waals surface area contributed by atoms with Crippen LogP contribution in [0.5, 0.6) is 0 Å². The van der Waals surface area contributed by atoms with E-state index in [9.17, 15) is 16.8 Å². The Kier molecular flexibility index (Phi) is 7.23. The fourth-order valence-electron chi connectivity index (χ4n) is 0.417. The van der Waals surface area contributed by atoms with Crippen LogP contribution < -0.4 is 0 Å². The molecule has 0 aromatic carbocycles. The van der Waals surface area contributed by atoms with Crippen LogP contribution in [0, 0.1) is 0 Å². The molecule has 2 N–H and O–H groups in total. The van der Waals surface area contributed by atoms with Gasteiger partial charge in [-0.3, -0.25) is 9.11 Å². The summed E-state index contributed by atoms with van der Waals surface area (Å²) in [5.74, 6) is 0. The van der Waals surface area contributed by atoms with Crippen molar-refractivity contribution < 1.29 is 34.3 Å². The molecule has 0 bridgehead atoms. The van der Waals surface area contributed by atoms with E-state index in [-0.39, 0.29) is 18.9 Å². The molecule has 0 aliphatic heterocycles. The van der Waals surface area contributed by atoms with Gasteiger partial charge in [0.1, 0.15) is 6.10 Å². The number of hydrogen-bond acceptors (Lipinski definition) is 6. The van der Waals surface area contributed by atoms with Gasteiger partial charge in [0.25, 0.3) is 0 Å². The quantitative estimate of drug-likeness (QED) is 0.435. The van der Waals surface area contributed by atoms with Gasteiger partial charge in [0.05, 0.1) is 6.61 Å². The predicted molar refractivity (Wildman–Crippen MR) is 46.7 cm³/mol. The van der Waals surface area contributed by atoms with Crippen LogP contribution in [-0.2, 0) is 29.2 Å². The predicted octanol–water partition coefficient (Wildman–Crippen LogP) is -1.63. The Morgan fingerprint density at radius 2 is 1.57 bits per heavy atom. The fraction of sp³-hybridized carbons (Fsp3) is 1.00. The maximum atomic E-state index is 10.0. The summed E-state index contributed by atoms with van der Waals surface area (Å²) in [5.41, 5.74) is 0. The second-order valence-corrected chi connectivity index (χ2v) is 4.19. The van der Waals surface area contributed by atoms with Crippen LogP contribution in [0.15, 0.2) is 0 Å². The van der Waals surface area contributed by atoms with Gasteiger partial charge in [-0.05, 0) is 6.92 Å². The van der Waals surface area contributed by atoms with E-state index in [1.165, 1.54) is 0 Å². The molecule has 82 valence electrons. The standard InChI is InChI=1S/C3H8O8S2.Li.H/c1-3(11-13(7,8)9)2-10-12(4,5)6;;/h3H,2H2,1H3,(H,4,5,6)(H,7,8,9);;. The Labute approximate surface area is 93.7 Å². The SMILES string of the molecule is CC(COS(=O)(=O)O)OS(=O)(=O)O.[LiH]. The molecule has 0 heterocycles. The molecule has 0 rings (SSSR count). The molecule has 0 fully saturated rings. The fourth-order valence-corrected chi connectivity index (χ4v) is 1.25. The molecular weight excluding hydrogens is 235 g/mol. The van der Waals surface area contributed by atoms with E-state index in [0.717, 1.165) is 6.92 Å². The topological polar surface area (TPSA) is 127 Å². The Hall–Kier alpha value is 0.337. The summed E-state index contributed by atoms with van der Waals surface area (Å²) in [7, 11) is -9.28. The molecule has 0 radical (unpaired) electrons. The molecule has 8 nitrogen and oxygen atoms in total. The molecule has 0 aliphatic carbocycles. The van der Waals surface area contributed by atoms with E-state index in [1.54, 1.807) is 0 Å². The summed E-state index contributed by atoms with van der Waals surface area (Å²) < 4.78 is 63.8. The zero-order valence-electron chi connectivity index (χ0n) is 6.44. The van der Waals surface area contributed by atoms with Crippen LogP contribution >= 0.6 is 0 Å². The van der Waals surface area contributed by atoms with Gasteiger partial charge >= 0.3 is 39.7 Å². The van der Waals surface area contributed by atoms with Crippen molar-refractivity contribution in [1.82, 2.24) is 0 Å². The maximum absolute atomic E-state index is 10.0. The van der Waals surface area contributed by atoms with Crippen molar-refractivity contribution in [2.45, 2.75) is 13.0 Å². The monoisotopic (exact) mass is 244 g/mol. The van der Waals surface area contributed by atoms with Crippen LogP contribution in [0.3, 0.4) is 0 Å². The molecule has 0 aromatic heterocycles. The van der Waals surface area contributed by atoms with Gasteiger partial charge in [-0.2, -0.15) is 16.8 Å². The first kappa shape index (κ1) is 16.8. The van der Waals surface area contributed by atoms with Crippen LogP contribution in [0.25, 0.3) is 0 Å². The van der Waals surface area contributed by atoms with Crippen LogP contribution in [-0.4, -0.2) is 57.5 Å². The third kappa shape index (κ3) is 12.3. The van der Waals surface area contributed by atoms with E-state index in [4.69, 9.17) is 9.11 Å². The molecule has 11 heteroatoms. The number of rotatable bonds is 5. The average molecular weight is 244 g/mol. The summed E-state index contributed by atoms with van der Waals surface area (Å²) in [6, 6.07) is 0. The van der Waals surface area contributed by atoms with Gasteiger partial charge in [-0.15, -0.1) is 0 Å². The van der Waals surface area contributed by atoms with E-state index in [0.29, 0.717) is 0 Å². The molecule has 0 saturated carbocycles. The second-order valence-electron chi connectivity index (χ2n) is 2.05. The zero-order valence-corrected chi connectivity index (χ0v) is 8.08. The molecule has 1 unspecified atom stereocenters. The third-order valence-electron chi connectivity index (χ3n) is 0.738. The van der Waals surface area contributed by atoms with Gasteiger partial charge in [0.15, 0.2) is 0 Å². The molecule has 0 amide bonds. The average Bonchev–Trinajstić information content (AvgIpc) is 1.78. The molecule has 0 saturated heterocycles. The number of hydrogen-bond donors (Lipinski definition) is 2. The normalized spacial score (nSPS) is 14.5. The zero-order chi connectivity index (χ0) is 10.7. The first-order chi connectivity index (χ1) is 5.60. The van der Waals surface area contributed by atoms with E-state index in [1.807, 2.05) is 0 Å². The first-order valence-electron chi connectivity index (χ1n) is 2.88. The van der Waals surface area contributed by atoms with Crippen molar-refractivity contribution >= 4 is 39.7 Å². The van der Waals surface area contributed by atoms with E-state index >= 15 is 0 Å². The van der Waals surface area contributed by atoms with Gasteiger partial charge < -0.3 is 0 Å². The molecular formula is C3H9LiO8S2. The Morgan fingerprint density at radius 1 is 1.14 bits per heavy atom. The molecule has 14 heavy (non-hydrogen) atoms. The molecule has 0 spiro atoms. The van der Waals surface area contributed by atoms with Crippen molar-refractivity contribution in [1.29, 1.82) is 0 Å². The first-order valence-corrected chi connectivity index (χ1v) is 5.61. The van der Waals surface area contributed by atoms with Gasteiger partial charge in [0, 0.05) is 0 Å². The van der Waals surface area contributed by atoms with Crippen molar-refractivity contribution in [3.8, 4) is 0 Å². The molecule has 0 aliphatic rings. The minimum absolute atomic E-state index is 0. The summed E-state index contributed by atoms with van der Waals surface area (Å²) in [4.78, 5) is 0. The van der Waals surface area contributed by atoms with Gasteiger partial charge in [-0.1, -0.05) is 0 Å². The summed E-state index contributed by atoms with van der Waals surface area (Å²) in [5, 5.41) is 0. The van der Waals surface area contributed by atoms with Crippen LogP contribution in [0.4, 0.5) is 0 Å². The van der Waals surface area contributed by atoms with Crippen LogP contribution in [0.2, 0.25) is 0 Å². The van der Waals surface area contributed by atoms with E-state index in [2.05, 4.69) is 8.37 Å². The molecule has 0 aromatic rings. The van der Waals surface area contributed by atoms with Crippen molar-refractivity contribution in [2.24, 2.45) is 0 Å². The van der Waals surface area contributed by atoms with Gasteiger partial charge in [-0.25, -0.2) is 8.37 Å². The third-order valence-corrected chi connectivity index (χ3v) is 1.74. The Morgan fingerprint density at radius 3 is 1.86 bits per heavy atom. The second kappa shape index (κ2) is 6.04. The van der Waals surface area contributed by atoms with Crippen molar-refractivity contribution in [3.05, 3.63) is 0 Å². The van der Waals surface area contributed by atoms with E-state index < -0.39 is 33.5 Å². The summed E-state index contributed by atoms with van der Waals surface area (Å²) in [6.07, 6.45) is -1.23.